The largest absolute Gasteiger partial charge is 0.313 e. The van der Waals surface area contributed by atoms with Crippen LogP contribution in [0.3, 0.4) is 0 Å². The van der Waals surface area contributed by atoms with Gasteiger partial charge in [0.15, 0.2) is 0 Å². The Morgan fingerprint density at radius 2 is 2.00 bits per heavy atom. The molecule has 0 spiro atoms. The van der Waals surface area contributed by atoms with Gasteiger partial charge in [-0.25, -0.2) is 17.5 Å². The molecule has 0 atom stereocenters. The molecule has 118 valence electrons. The fraction of sp³-hybridized carbons (Fsp3) is 0.600. The molecule has 0 bridgehead atoms. The molecule has 0 aromatic heterocycles. The van der Waals surface area contributed by atoms with E-state index >= 15 is 0 Å². The van der Waals surface area contributed by atoms with Crippen molar-refractivity contribution in [2.24, 2.45) is 0 Å². The molecule has 0 unspecified atom stereocenters. The fourth-order valence-electron chi connectivity index (χ4n) is 2.60. The minimum atomic E-state index is -3.82. The average Bonchev–Trinajstić information content (AvgIpc) is 2.42. The summed E-state index contributed by atoms with van der Waals surface area (Å²) in [6, 6.07) is 4.25. The lowest BCUT2D eigenvalue weighted by atomic mass is 9.76. The Morgan fingerprint density at radius 1 is 1.29 bits per heavy atom. The highest BCUT2D eigenvalue weighted by atomic mass is 32.2. The average molecular weight is 314 g/mol. The van der Waals surface area contributed by atoms with Gasteiger partial charge in [0.05, 0.1) is 0 Å². The predicted octanol–water partition coefficient (Wildman–Crippen LogP) is 2.55. The molecule has 0 amide bonds. The standard InChI is InChI=1S/C15H23FN2O2S/c1-3-15(8-5-9-15)18-21(19,20)14-10-12(11-17-4-2)6-7-13(14)16/h6-7,10,17-18H,3-5,8-9,11H2,1-2H3. The number of hydrogen-bond acceptors (Lipinski definition) is 3. The lowest BCUT2D eigenvalue weighted by Gasteiger charge is -2.41. The van der Waals surface area contributed by atoms with Crippen molar-refractivity contribution in [2.45, 2.75) is 56.5 Å². The minimum Gasteiger partial charge on any atom is -0.313 e. The summed E-state index contributed by atoms with van der Waals surface area (Å²) >= 11 is 0. The second kappa shape index (κ2) is 6.42. The van der Waals surface area contributed by atoms with Crippen LogP contribution in [0.4, 0.5) is 4.39 Å². The van der Waals surface area contributed by atoms with Gasteiger partial charge in [-0.1, -0.05) is 19.9 Å². The summed E-state index contributed by atoms with van der Waals surface area (Å²) in [6.07, 6.45) is 3.38. The molecule has 2 N–H and O–H groups in total. The third-order valence-corrected chi connectivity index (χ3v) is 5.80. The van der Waals surface area contributed by atoms with Crippen LogP contribution < -0.4 is 10.0 Å². The minimum absolute atomic E-state index is 0.252. The van der Waals surface area contributed by atoms with Crippen LogP contribution in [0.5, 0.6) is 0 Å². The number of halogens is 1. The molecular weight excluding hydrogens is 291 g/mol. The van der Waals surface area contributed by atoms with Crippen LogP contribution in [-0.2, 0) is 16.6 Å². The summed E-state index contributed by atoms with van der Waals surface area (Å²) < 4.78 is 41.6. The molecule has 1 saturated carbocycles. The Morgan fingerprint density at radius 3 is 2.52 bits per heavy atom. The molecule has 1 aliphatic carbocycles. The second-order valence-electron chi connectivity index (χ2n) is 5.64. The van der Waals surface area contributed by atoms with E-state index < -0.39 is 15.8 Å². The summed E-state index contributed by atoms with van der Waals surface area (Å²) in [5, 5.41) is 3.11. The SMILES string of the molecule is CCNCc1ccc(F)c(S(=O)(=O)NC2(CC)CCC2)c1. The Hall–Kier alpha value is -0.980. The molecule has 21 heavy (non-hydrogen) atoms. The lowest BCUT2D eigenvalue weighted by molar-refractivity contribution is 0.213. The van der Waals surface area contributed by atoms with Gasteiger partial charge in [-0.05, 0) is 49.9 Å². The Bertz CT molecular complexity index is 592. The van der Waals surface area contributed by atoms with Gasteiger partial charge in [-0.2, -0.15) is 0 Å². The summed E-state index contributed by atoms with van der Waals surface area (Å²) in [5.74, 6) is -0.701. The molecule has 1 aromatic rings. The van der Waals surface area contributed by atoms with Crippen LogP contribution in [-0.4, -0.2) is 20.5 Å². The maximum atomic E-state index is 13.9. The monoisotopic (exact) mass is 314 g/mol. The zero-order valence-corrected chi connectivity index (χ0v) is 13.4. The van der Waals surface area contributed by atoms with Gasteiger partial charge < -0.3 is 5.32 Å². The number of hydrogen-bond donors (Lipinski definition) is 2. The van der Waals surface area contributed by atoms with E-state index in [1.807, 2.05) is 13.8 Å². The van der Waals surface area contributed by atoms with E-state index in [0.717, 1.165) is 37.8 Å². The molecule has 0 saturated heterocycles. The normalized spacial score (nSPS) is 17.5. The molecule has 4 nitrogen and oxygen atoms in total. The molecule has 1 aromatic carbocycles. The van der Waals surface area contributed by atoms with E-state index in [-0.39, 0.29) is 10.4 Å². The number of rotatable bonds is 7. The van der Waals surface area contributed by atoms with Crippen LogP contribution in [0.25, 0.3) is 0 Å². The van der Waals surface area contributed by atoms with Gasteiger partial charge in [0.1, 0.15) is 10.7 Å². The molecule has 2 rings (SSSR count). The van der Waals surface area contributed by atoms with E-state index in [1.54, 1.807) is 6.07 Å². The zero-order valence-electron chi connectivity index (χ0n) is 12.6. The van der Waals surface area contributed by atoms with Crippen LogP contribution in [0.1, 0.15) is 45.1 Å². The summed E-state index contributed by atoms with van der Waals surface area (Å²) in [7, 11) is -3.82. The first-order valence-corrected chi connectivity index (χ1v) is 8.94. The quantitative estimate of drug-likeness (QED) is 0.813. The van der Waals surface area contributed by atoms with Crippen LogP contribution in [0.15, 0.2) is 23.1 Å². The van der Waals surface area contributed by atoms with Crippen LogP contribution in [0.2, 0.25) is 0 Å². The van der Waals surface area contributed by atoms with Crippen molar-refractivity contribution in [1.82, 2.24) is 10.0 Å². The third kappa shape index (κ3) is 3.62. The fourth-order valence-corrected chi connectivity index (χ4v) is 4.26. The van der Waals surface area contributed by atoms with Crippen molar-refractivity contribution < 1.29 is 12.8 Å². The zero-order chi connectivity index (χ0) is 15.5. The summed E-state index contributed by atoms with van der Waals surface area (Å²) in [6.45, 7) is 5.22. The van der Waals surface area contributed by atoms with Gasteiger partial charge in [-0.3, -0.25) is 0 Å². The number of benzene rings is 1. The molecule has 1 aliphatic rings. The molecule has 6 heteroatoms. The number of sulfonamides is 1. The van der Waals surface area contributed by atoms with Crippen molar-refractivity contribution in [1.29, 1.82) is 0 Å². The first kappa shape index (κ1) is 16.4. The first-order valence-electron chi connectivity index (χ1n) is 7.45. The van der Waals surface area contributed by atoms with E-state index in [0.29, 0.717) is 6.54 Å². The van der Waals surface area contributed by atoms with Crippen LogP contribution in [0, 0.1) is 5.82 Å². The predicted molar refractivity (Wildman–Crippen MR) is 81.0 cm³/mol. The highest BCUT2D eigenvalue weighted by Gasteiger charge is 2.39. The maximum Gasteiger partial charge on any atom is 0.243 e. The highest BCUT2D eigenvalue weighted by Crippen LogP contribution is 2.36. The van der Waals surface area contributed by atoms with Gasteiger partial charge >= 0.3 is 0 Å². The smallest absolute Gasteiger partial charge is 0.243 e. The molecule has 0 aliphatic heterocycles. The third-order valence-electron chi connectivity index (χ3n) is 4.20. The van der Waals surface area contributed by atoms with Crippen molar-refractivity contribution in [3.8, 4) is 0 Å². The Kier molecular flexibility index (Phi) is 5.01. The maximum absolute atomic E-state index is 13.9. The topological polar surface area (TPSA) is 58.2 Å². The summed E-state index contributed by atoms with van der Waals surface area (Å²) in [5.41, 5.74) is 0.376. The molecular formula is C15H23FN2O2S. The van der Waals surface area contributed by atoms with E-state index in [1.165, 1.54) is 12.1 Å². The van der Waals surface area contributed by atoms with Crippen LogP contribution >= 0.6 is 0 Å². The molecule has 0 radical (unpaired) electrons. The molecule has 1 fully saturated rings. The first-order chi connectivity index (χ1) is 9.92. The highest BCUT2D eigenvalue weighted by molar-refractivity contribution is 7.89. The second-order valence-corrected chi connectivity index (χ2v) is 7.29. The van der Waals surface area contributed by atoms with Crippen molar-refractivity contribution in [2.75, 3.05) is 6.54 Å². The van der Waals surface area contributed by atoms with Crippen molar-refractivity contribution in [3.63, 3.8) is 0 Å². The van der Waals surface area contributed by atoms with Gasteiger partial charge in [0.25, 0.3) is 0 Å². The van der Waals surface area contributed by atoms with Gasteiger partial charge in [0.2, 0.25) is 10.0 Å². The van der Waals surface area contributed by atoms with E-state index in [9.17, 15) is 12.8 Å². The van der Waals surface area contributed by atoms with E-state index in [4.69, 9.17) is 0 Å². The lowest BCUT2D eigenvalue weighted by Crippen LogP contribution is -2.52. The van der Waals surface area contributed by atoms with Crippen molar-refractivity contribution >= 4 is 10.0 Å². The molecule has 0 heterocycles. The Balaban J connectivity index is 2.26. The van der Waals surface area contributed by atoms with Gasteiger partial charge in [-0.15, -0.1) is 0 Å². The number of nitrogens with one attached hydrogen (secondary N) is 2. The summed E-state index contributed by atoms with van der Waals surface area (Å²) in [4.78, 5) is -0.252. The Labute approximate surface area is 126 Å². The van der Waals surface area contributed by atoms with Gasteiger partial charge in [0, 0.05) is 12.1 Å². The van der Waals surface area contributed by atoms with E-state index in [2.05, 4.69) is 10.0 Å². The van der Waals surface area contributed by atoms with Crippen molar-refractivity contribution in [3.05, 3.63) is 29.6 Å².